The Balaban J connectivity index is 1.37. The minimum Gasteiger partial charge on any atom is -0.488 e. The van der Waals surface area contributed by atoms with Crippen LogP contribution in [-0.4, -0.2) is 72.3 Å². The summed E-state index contributed by atoms with van der Waals surface area (Å²) in [6.45, 7) is 6.18. The maximum Gasteiger partial charge on any atom is 0.323 e. The lowest BCUT2D eigenvalue weighted by atomic mass is 10.0. The molecule has 2 aliphatic rings. The summed E-state index contributed by atoms with van der Waals surface area (Å²) in [5.41, 5.74) is 2.01. The van der Waals surface area contributed by atoms with E-state index >= 15 is 0 Å². The Bertz CT molecular complexity index is 1350. The molecule has 212 valence electrons. The Morgan fingerprint density at radius 3 is 2.65 bits per heavy atom. The van der Waals surface area contributed by atoms with Crippen molar-refractivity contribution in [3.63, 3.8) is 0 Å². The number of ether oxygens (including phenoxy) is 1. The Hall–Kier alpha value is -3.62. The fraction of sp³-hybridized carbons (Fsp3) is 0.438. The summed E-state index contributed by atoms with van der Waals surface area (Å²) in [6.07, 6.45) is 2.57. The number of urea groups is 1. The topological polar surface area (TPSA) is 94.1 Å². The molecule has 5 rings (SSSR count). The molecule has 3 aromatic carbocycles. The van der Waals surface area contributed by atoms with Gasteiger partial charge in [-0.2, -0.15) is 0 Å². The number of nitrogens with zero attached hydrogens (tertiary/aromatic N) is 2. The summed E-state index contributed by atoms with van der Waals surface area (Å²) >= 11 is 0. The number of aliphatic hydroxyl groups is 1. The van der Waals surface area contributed by atoms with E-state index in [9.17, 15) is 14.7 Å². The molecule has 40 heavy (non-hydrogen) atoms. The van der Waals surface area contributed by atoms with Gasteiger partial charge in [0.1, 0.15) is 11.9 Å². The Morgan fingerprint density at radius 2 is 1.88 bits per heavy atom. The minimum absolute atomic E-state index is 0.0647. The molecular weight excluding hydrogens is 504 g/mol. The molecule has 3 N–H and O–H groups in total. The van der Waals surface area contributed by atoms with Crippen molar-refractivity contribution in [3.8, 4) is 5.75 Å². The largest absolute Gasteiger partial charge is 0.488 e. The van der Waals surface area contributed by atoms with E-state index in [0.29, 0.717) is 23.5 Å². The van der Waals surface area contributed by atoms with Crippen LogP contribution in [0.25, 0.3) is 10.8 Å². The number of fused-ring (bicyclic) bond motifs is 2. The van der Waals surface area contributed by atoms with Crippen LogP contribution in [0.15, 0.2) is 60.7 Å². The minimum atomic E-state index is -0.365. The lowest BCUT2D eigenvalue weighted by Crippen LogP contribution is -2.47. The number of rotatable bonds is 8. The monoisotopic (exact) mass is 544 g/mol. The van der Waals surface area contributed by atoms with E-state index in [1.165, 1.54) is 12.8 Å². The molecule has 0 aromatic heterocycles. The number of anilines is 2. The summed E-state index contributed by atoms with van der Waals surface area (Å²) < 4.78 is 6.60. The molecule has 1 heterocycles. The predicted molar refractivity (Wildman–Crippen MR) is 159 cm³/mol. The molecule has 1 aliphatic carbocycles. The number of hydrogen-bond acceptors (Lipinski definition) is 5. The highest BCUT2D eigenvalue weighted by molar-refractivity contribution is 6.06. The first kappa shape index (κ1) is 27.9. The molecular formula is C32H40N4O4. The summed E-state index contributed by atoms with van der Waals surface area (Å²) in [4.78, 5) is 30.5. The zero-order chi connectivity index (χ0) is 28.2. The van der Waals surface area contributed by atoms with Gasteiger partial charge in [-0.1, -0.05) is 43.3 Å². The average molecular weight is 545 g/mol. The van der Waals surface area contributed by atoms with E-state index < -0.39 is 0 Å². The molecule has 1 aliphatic heterocycles. The fourth-order valence-corrected chi connectivity index (χ4v) is 5.47. The molecule has 0 radical (unpaired) electrons. The van der Waals surface area contributed by atoms with E-state index in [-0.39, 0.29) is 43.0 Å². The zero-order valence-electron chi connectivity index (χ0n) is 23.6. The molecule has 0 unspecified atom stereocenters. The van der Waals surface area contributed by atoms with Crippen LogP contribution in [0.4, 0.5) is 16.2 Å². The number of aliphatic hydroxyl groups excluding tert-OH is 1. The second kappa shape index (κ2) is 12.3. The zero-order valence-corrected chi connectivity index (χ0v) is 23.6. The van der Waals surface area contributed by atoms with Crippen molar-refractivity contribution in [2.24, 2.45) is 11.8 Å². The predicted octanol–water partition coefficient (Wildman–Crippen LogP) is 4.97. The fourth-order valence-electron chi connectivity index (χ4n) is 5.47. The normalized spacial score (nSPS) is 20.2. The van der Waals surface area contributed by atoms with Crippen molar-refractivity contribution in [1.82, 2.24) is 9.80 Å². The van der Waals surface area contributed by atoms with Gasteiger partial charge in [0.25, 0.3) is 0 Å². The van der Waals surface area contributed by atoms with Crippen LogP contribution < -0.4 is 15.4 Å². The molecule has 0 saturated heterocycles. The maximum atomic E-state index is 13.5. The first-order valence-corrected chi connectivity index (χ1v) is 14.2. The Morgan fingerprint density at radius 1 is 1.10 bits per heavy atom. The van der Waals surface area contributed by atoms with Crippen LogP contribution in [0.1, 0.15) is 32.3 Å². The van der Waals surface area contributed by atoms with Gasteiger partial charge in [-0.3, -0.25) is 4.79 Å². The van der Waals surface area contributed by atoms with Gasteiger partial charge >= 0.3 is 6.03 Å². The molecule has 8 nitrogen and oxygen atoms in total. The number of hydrogen-bond donors (Lipinski definition) is 3. The van der Waals surface area contributed by atoms with Gasteiger partial charge in [0.15, 0.2) is 0 Å². The van der Waals surface area contributed by atoms with Crippen molar-refractivity contribution >= 4 is 34.1 Å². The summed E-state index contributed by atoms with van der Waals surface area (Å²) in [7, 11) is 2.13. The molecule has 0 spiro atoms. The third-order valence-corrected chi connectivity index (χ3v) is 7.97. The summed E-state index contributed by atoms with van der Waals surface area (Å²) in [5.74, 6) is 1.42. The van der Waals surface area contributed by atoms with Crippen LogP contribution in [0.3, 0.4) is 0 Å². The standard InChI is InChI=1S/C32H40N4O4/c1-21-17-36(22(2)20-37)31(38)16-25-15-26(13-14-29(25)40-30(21)19-35(3)18-23-11-12-23)33-32(39)34-28-10-6-8-24-7-4-5-9-27(24)28/h4-10,13-15,21-23,30,37H,11-12,16-20H2,1-3H3,(H2,33,34,39)/t21-,22-,30+/m0/s1. The number of nitrogens with one attached hydrogen (secondary N) is 2. The van der Waals surface area contributed by atoms with Crippen molar-refractivity contribution in [1.29, 1.82) is 0 Å². The lowest BCUT2D eigenvalue weighted by Gasteiger charge is -2.34. The smallest absolute Gasteiger partial charge is 0.323 e. The van der Waals surface area contributed by atoms with Gasteiger partial charge < -0.3 is 30.3 Å². The number of carbonyl (C=O) groups excluding carboxylic acids is 2. The molecule has 0 bridgehead atoms. The van der Waals surface area contributed by atoms with E-state index in [4.69, 9.17) is 4.74 Å². The third kappa shape index (κ3) is 6.74. The summed E-state index contributed by atoms with van der Waals surface area (Å²) in [5, 5.41) is 17.7. The third-order valence-electron chi connectivity index (χ3n) is 7.97. The quantitative estimate of drug-likeness (QED) is 0.372. The molecule has 1 saturated carbocycles. The molecule has 3 atom stereocenters. The highest BCUT2D eigenvalue weighted by Gasteiger charge is 2.32. The first-order valence-electron chi connectivity index (χ1n) is 14.2. The van der Waals surface area contributed by atoms with Crippen molar-refractivity contribution in [2.45, 2.75) is 45.3 Å². The average Bonchev–Trinajstić information content (AvgIpc) is 3.75. The SMILES string of the molecule is C[C@H]1CN([C@@H](C)CO)C(=O)Cc2cc(NC(=O)Nc3cccc4ccccc34)ccc2O[C@@H]1CN(C)CC1CC1. The number of amides is 3. The van der Waals surface area contributed by atoms with Gasteiger partial charge in [0, 0.05) is 42.2 Å². The lowest BCUT2D eigenvalue weighted by molar-refractivity contribution is -0.134. The Labute approximate surface area is 236 Å². The van der Waals surface area contributed by atoms with Crippen LogP contribution >= 0.6 is 0 Å². The van der Waals surface area contributed by atoms with Gasteiger partial charge in [-0.05, 0) is 62.4 Å². The van der Waals surface area contributed by atoms with E-state index in [0.717, 1.165) is 35.5 Å². The van der Waals surface area contributed by atoms with Gasteiger partial charge in [-0.25, -0.2) is 4.79 Å². The van der Waals surface area contributed by atoms with Gasteiger partial charge in [0.05, 0.1) is 24.8 Å². The number of carbonyl (C=O) groups is 2. The number of benzene rings is 3. The molecule has 8 heteroatoms. The second-order valence-corrected chi connectivity index (χ2v) is 11.5. The van der Waals surface area contributed by atoms with E-state index in [1.807, 2.05) is 67.6 Å². The van der Waals surface area contributed by atoms with Gasteiger partial charge in [0.2, 0.25) is 5.91 Å². The highest BCUT2D eigenvalue weighted by atomic mass is 16.5. The van der Waals surface area contributed by atoms with Crippen molar-refractivity contribution in [3.05, 3.63) is 66.2 Å². The Kier molecular flexibility index (Phi) is 8.57. The van der Waals surface area contributed by atoms with Crippen LogP contribution in [0, 0.1) is 11.8 Å². The van der Waals surface area contributed by atoms with Crippen LogP contribution in [0.2, 0.25) is 0 Å². The maximum absolute atomic E-state index is 13.5. The summed E-state index contributed by atoms with van der Waals surface area (Å²) in [6, 6.07) is 18.5. The molecule has 1 fully saturated rings. The van der Waals surface area contributed by atoms with Crippen molar-refractivity contribution in [2.75, 3.05) is 43.9 Å². The van der Waals surface area contributed by atoms with Crippen LogP contribution in [0.5, 0.6) is 5.75 Å². The highest BCUT2D eigenvalue weighted by Crippen LogP contribution is 2.32. The van der Waals surface area contributed by atoms with E-state index in [1.54, 1.807) is 4.90 Å². The van der Waals surface area contributed by atoms with Gasteiger partial charge in [-0.15, -0.1) is 0 Å². The van der Waals surface area contributed by atoms with Crippen molar-refractivity contribution < 1.29 is 19.4 Å². The van der Waals surface area contributed by atoms with E-state index in [2.05, 4.69) is 29.5 Å². The molecule has 3 amide bonds. The van der Waals surface area contributed by atoms with Crippen LogP contribution in [-0.2, 0) is 11.2 Å². The first-order chi connectivity index (χ1) is 19.3. The molecule has 3 aromatic rings. The number of likely N-dealkylation sites (N-methyl/N-ethyl adjacent to an activating group) is 1. The second-order valence-electron chi connectivity index (χ2n) is 11.5.